The average molecular weight is 278 g/mol. The maximum atomic E-state index is 12.0. The predicted octanol–water partition coefficient (Wildman–Crippen LogP) is 1.87. The fourth-order valence-electron chi connectivity index (χ4n) is 2.03. The van der Waals surface area contributed by atoms with Crippen molar-refractivity contribution < 1.29 is 14.3 Å². The lowest BCUT2D eigenvalue weighted by Crippen LogP contribution is -2.35. The zero-order chi connectivity index (χ0) is 15.1. The lowest BCUT2D eigenvalue weighted by molar-refractivity contribution is -0.133. The standard InChI is InChI=1S/C15H22N2O3/c1-4-15(19)17(10-9-14(16)18)11(2)12-5-7-13(20-3)8-6-12/h5-8,11H,4,9-10H2,1-3H3,(H2,16,18)/t11-/m0/s1. The summed E-state index contributed by atoms with van der Waals surface area (Å²) in [5.74, 6) is 0.377. The Hall–Kier alpha value is -2.04. The first-order valence-electron chi connectivity index (χ1n) is 6.71. The van der Waals surface area contributed by atoms with E-state index in [0.29, 0.717) is 13.0 Å². The Morgan fingerprint density at radius 2 is 1.90 bits per heavy atom. The molecular weight excluding hydrogens is 256 g/mol. The van der Waals surface area contributed by atoms with Crippen molar-refractivity contribution in [2.24, 2.45) is 5.73 Å². The van der Waals surface area contributed by atoms with Crippen molar-refractivity contribution in [1.29, 1.82) is 0 Å². The van der Waals surface area contributed by atoms with Crippen LogP contribution in [0.15, 0.2) is 24.3 Å². The minimum absolute atomic E-state index is 0.00886. The molecule has 1 aromatic rings. The Morgan fingerprint density at radius 1 is 1.30 bits per heavy atom. The molecule has 20 heavy (non-hydrogen) atoms. The van der Waals surface area contributed by atoms with E-state index < -0.39 is 5.91 Å². The van der Waals surface area contributed by atoms with Gasteiger partial charge in [-0.25, -0.2) is 0 Å². The number of rotatable bonds is 7. The summed E-state index contributed by atoms with van der Waals surface area (Å²) in [6, 6.07) is 7.45. The molecule has 0 bridgehead atoms. The summed E-state index contributed by atoms with van der Waals surface area (Å²) < 4.78 is 5.12. The molecule has 0 aliphatic heterocycles. The molecule has 2 amide bonds. The second-order valence-electron chi connectivity index (χ2n) is 4.61. The van der Waals surface area contributed by atoms with Crippen LogP contribution in [0, 0.1) is 0 Å². The number of carbonyl (C=O) groups is 2. The highest BCUT2D eigenvalue weighted by Crippen LogP contribution is 2.23. The molecule has 110 valence electrons. The van der Waals surface area contributed by atoms with Crippen molar-refractivity contribution in [2.75, 3.05) is 13.7 Å². The first kappa shape index (κ1) is 16.0. The molecule has 0 fully saturated rings. The topological polar surface area (TPSA) is 72.6 Å². The molecule has 5 nitrogen and oxygen atoms in total. The fraction of sp³-hybridized carbons (Fsp3) is 0.467. The zero-order valence-corrected chi connectivity index (χ0v) is 12.3. The SMILES string of the molecule is CCC(=O)N(CCC(N)=O)[C@@H](C)c1ccc(OC)cc1. The molecule has 0 heterocycles. The van der Waals surface area contributed by atoms with Crippen LogP contribution in [0.4, 0.5) is 0 Å². The Morgan fingerprint density at radius 3 is 2.35 bits per heavy atom. The maximum absolute atomic E-state index is 12.0. The van der Waals surface area contributed by atoms with E-state index in [9.17, 15) is 9.59 Å². The van der Waals surface area contributed by atoms with Gasteiger partial charge in [0.25, 0.3) is 0 Å². The van der Waals surface area contributed by atoms with Gasteiger partial charge in [0, 0.05) is 19.4 Å². The lowest BCUT2D eigenvalue weighted by atomic mass is 10.1. The maximum Gasteiger partial charge on any atom is 0.222 e. The zero-order valence-electron chi connectivity index (χ0n) is 12.3. The van der Waals surface area contributed by atoms with Gasteiger partial charge in [0.15, 0.2) is 0 Å². The quantitative estimate of drug-likeness (QED) is 0.827. The Labute approximate surface area is 119 Å². The number of carbonyl (C=O) groups excluding carboxylic acids is 2. The molecule has 0 aliphatic carbocycles. The van der Waals surface area contributed by atoms with E-state index in [2.05, 4.69) is 0 Å². The monoisotopic (exact) mass is 278 g/mol. The molecule has 0 unspecified atom stereocenters. The lowest BCUT2D eigenvalue weighted by Gasteiger charge is -2.29. The average Bonchev–Trinajstić information content (AvgIpc) is 2.46. The molecule has 0 saturated heterocycles. The van der Waals surface area contributed by atoms with Crippen LogP contribution < -0.4 is 10.5 Å². The Balaban J connectivity index is 2.87. The van der Waals surface area contributed by atoms with E-state index >= 15 is 0 Å². The van der Waals surface area contributed by atoms with Crippen molar-refractivity contribution in [3.05, 3.63) is 29.8 Å². The fourth-order valence-corrected chi connectivity index (χ4v) is 2.03. The summed E-state index contributed by atoms with van der Waals surface area (Å²) >= 11 is 0. The summed E-state index contributed by atoms with van der Waals surface area (Å²) in [5.41, 5.74) is 6.16. The van der Waals surface area contributed by atoms with Gasteiger partial charge in [-0.15, -0.1) is 0 Å². The van der Waals surface area contributed by atoms with E-state index in [1.807, 2.05) is 31.2 Å². The van der Waals surface area contributed by atoms with Gasteiger partial charge in [0.1, 0.15) is 5.75 Å². The second kappa shape index (κ2) is 7.53. The molecule has 1 rings (SSSR count). The number of ether oxygens (including phenoxy) is 1. The minimum atomic E-state index is -0.402. The Bertz CT molecular complexity index is 457. The largest absolute Gasteiger partial charge is 0.497 e. The second-order valence-corrected chi connectivity index (χ2v) is 4.61. The number of methoxy groups -OCH3 is 1. The number of nitrogens with zero attached hydrogens (tertiary/aromatic N) is 1. The highest BCUT2D eigenvalue weighted by Gasteiger charge is 2.20. The number of benzene rings is 1. The number of hydrogen-bond acceptors (Lipinski definition) is 3. The predicted molar refractivity (Wildman–Crippen MR) is 77.2 cm³/mol. The summed E-state index contributed by atoms with van der Waals surface area (Å²) in [6.45, 7) is 4.09. The summed E-state index contributed by atoms with van der Waals surface area (Å²) in [5, 5.41) is 0. The van der Waals surface area contributed by atoms with Gasteiger partial charge < -0.3 is 15.4 Å². The number of amides is 2. The van der Waals surface area contributed by atoms with E-state index in [1.165, 1.54) is 0 Å². The van der Waals surface area contributed by atoms with Crippen LogP contribution >= 0.6 is 0 Å². The molecule has 0 aromatic heterocycles. The van der Waals surface area contributed by atoms with Gasteiger partial charge in [-0.2, -0.15) is 0 Å². The third-order valence-corrected chi connectivity index (χ3v) is 3.29. The van der Waals surface area contributed by atoms with Crippen LogP contribution in [-0.4, -0.2) is 30.4 Å². The summed E-state index contributed by atoms with van der Waals surface area (Å²) in [4.78, 5) is 24.6. The smallest absolute Gasteiger partial charge is 0.222 e. The molecule has 1 aromatic carbocycles. The molecule has 0 saturated carbocycles. The number of nitrogens with two attached hydrogens (primary N) is 1. The van der Waals surface area contributed by atoms with E-state index in [1.54, 1.807) is 18.9 Å². The summed E-state index contributed by atoms with van der Waals surface area (Å²) in [6.07, 6.45) is 0.575. The highest BCUT2D eigenvalue weighted by atomic mass is 16.5. The molecule has 0 spiro atoms. The van der Waals surface area contributed by atoms with Gasteiger partial charge in [-0.05, 0) is 24.6 Å². The van der Waals surface area contributed by atoms with Crippen LogP contribution in [0.1, 0.15) is 38.3 Å². The van der Waals surface area contributed by atoms with Gasteiger partial charge >= 0.3 is 0 Å². The highest BCUT2D eigenvalue weighted by molar-refractivity contribution is 5.78. The Kier molecular flexibility index (Phi) is 6.03. The van der Waals surface area contributed by atoms with Crippen molar-refractivity contribution in [3.63, 3.8) is 0 Å². The molecule has 0 radical (unpaired) electrons. The number of hydrogen-bond donors (Lipinski definition) is 1. The van der Waals surface area contributed by atoms with Crippen molar-refractivity contribution in [2.45, 2.75) is 32.7 Å². The minimum Gasteiger partial charge on any atom is -0.497 e. The van der Waals surface area contributed by atoms with Crippen LogP contribution in [-0.2, 0) is 9.59 Å². The van der Waals surface area contributed by atoms with Crippen LogP contribution in [0.2, 0.25) is 0 Å². The molecule has 2 N–H and O–H groups in total. The van der Waals surface area contributed by atoms with Crippen LogP contribution in [0.3, 0.4) is 0 Å². The molecule has 1 atom stereocenters. The third-order valence-electron chi connectivity index (χ3n) is 3.29. The van der Waals surface area contributed by atoms with E-state index in [4.69, 9.17) is 10.5 Å². The molecule has 0 aliphatic rings. The van der Waals surface area contributed by atoms with Gasteiger partial charge in [0.05, 0.1) is 13.2 Å². The van der Waals surface area contributed by atoms with Crippen molar-refractivity contribution in [1.82, 2.24) is 4.90 Å². The van der Waals surface area contributed by atoms with Crippen LogP contribution in [0.5, 0.6) is 5.75 Å². The first-order valence-corrected chi connectivity index (χ1v) is 6.71. The third kappa shape index (κ3) is 4.26. The van der Waals surface area contributed by atoms with Gasteiger partial charge in [-0.3, -0.25) is 9.59 Å². The van der Waals surface area contributed by atoms with Crippen molar-refractivity contribution >= 4 is 11.8 Å². The summed E-state index contributed by atoms with van der Waals surface area (Å²) in [7, 11) is 1.61. The van der Waals surface area contributed by atoms with Gasteiger partial charge in [0.2, 0.25) is 11.8 Å². The first-order chi connectivity index (χ1) is 9.49. The van der Waals surface area contributed by atoms with Crippen molar-refractivity contribution in [3.8, 4) is 5.75 Å². The van der Waals surface area contributed by atoms with E-state index in [-0.39, 0.29) is 18.4 Å². The van der Waals surface area contributed by atoms with Crippen LogP contribution in [0.25, 0.3) is 0 Å². The molecule has 5 heteroatoms. The molecular formula is C15H22N2O3. The van der Waals surface area contributed by atoms with Gasteiger partial charge in [-0.1, -0.05) is 19.1 Å². The van der Waals surface area contributed by atoms with E-state index in [0.717, 1.165) is 11.3 Å². The number of primary amides is 1. The normalized spacial score (nSPS) is 11.8.